The summed E-state index contributed by atoms with van der Waals surface area (Å²) in [7, 11) is 1.58. The summed E-state index contributed by atoms with van der Waals surface area (Å²) in [5.41, 5.74) is 1.33. The molecule has 2 rings (SSSR count). The van der Waals surface area contributed by atoms with E-state index in [4.69, 9.17) is 4.74 Å². The molecule has 0 bridgehead atoms. The van der Waals surface area contributed by atoms with Crippen molar-refractivity contribution >= 4 is 11.9 Å². The molecule has 1 amide bonds. The van der Waals surface area contributed by atoms with Gasteiger partial charge < -0.3 is 15.2 Å². The van der Waals surface area contributed by atoms with E-state index in [1.54, 1.807) is 52.1 Å². The molecule has 128 valence electrons. The van der Waals surface area contributed by atoms with Crippen LogP contribution in [0.5, 0.6) is 5.75 Å². The number of nitrogens with zero attached hydrogens (tertiary/aromatic N) is 3. The molecular formula is C16H20N4O4. The van der Waals surface area contributed by atoms with Crippen LogP contribution in [-0.4, -0.2) is 45.1 Å². The number of carbonyl (C=O) groups excluding carboxylic acids is 1. The normalized spacial score (nSPS) is 12.0. The first-order valence-corrected chi connectivity index (χ1v) is 7.45. The highest BCUT2D eigenvalue weighted by Gasteiger charge is 2.26. The van der Waals surface area contributed by atoms with E-state index in [1.165, 1.54) is 4.68 Å². The fraction of sp³-hybridized carbons (Fsp3) is 0.375. The summed E-state index contributed by atoms with van der Waals surface area (Å²) >= 11 is 0. The van der Waals surface area contributed by atoms with E-state index in [0.29, 0.717) is 11.4 Å². The third-order valence-corrected chi connectivity index (χ3v) is 3.65. The number of carboxylic acids is 1. The van der Waals surface area contributed by atoms with E-state index in [0.717, 1.165) is 5.69 Å². The Morgan fingerprint density at radius 2 is 1.88 bits per heavy atom. The second-order valence-electron chi connectivity index (χ2n) is 5.67. The molecule has 0 aliphatic heterocycles. The highest BCUT2D eigenvalue weighted by molar-refractivity contribution is 5.95. The number of hydrogen-bond acceptors (Lipinski definition) is 5. The number of rotatable bonds is 6. The van der Waals surface area contributed by atoms with Gasteiger partial charge in [0, 0.05) is 0 Å². The molecule has 1 aromatic heterocycles. The lowest BCUT2D eigenvalue weighted by Gasteiger charge is -2.17. The van der Waals surface area contributed by atoms with Gasteiger partial charge in [0.2, 0.25) is 0 Å². The van der Waals surface area contributed by atoms with Gasteiger partial charge in [-0.3, -0.25) is 4.79 Å². The number of aliphatic carboxylic acids is 1. The summed E-state index contributed by atoms with van der Waals surface area (Å²) < 4.78 is 6.62. The summed E-state index contributed by atoms with van der Waals surface area (Å²) in [4.78, 5) is 23.5. The zero-order valence-corrected chi connectivity index (χ0v) is 14.0. The Balaban J connectivity index is 2.25. The van der Waals surface area contributed by atoms with Gasteiger partial charge in [-0.25, -0.2) is 9.48 Å². The van der Waals surface area contributed by atoms with Crippen LogP contribution in [0.25, 0.3) is 5.69 Å². The van der Waals surface area contributed by atoms with Gasteiger partial charge in [0.05, 0.1) is 18.5 Å². The van der Waals surface area contributed by atoms with Crippen molar-refractivity contribution in [3.63, 3.8) is 0 Å². The van der Waals surface area contributed by atoms with E-state index in [1.807, 2.05) is 0 Å². The third-order valence-electron chi connectivity index (χ3n) is 3.65. The molecule has 0 radical (unpaired) electrons. The third kappa shape index (κ3) is 3.53. The minimum atomic E-state index is -1.08. The number of benzene rings is 1. The molecule has 0 aliphatic carbocycles. The van der Waals surface area contributed by atoms with E-state index >= 15 is 0 Å². The van der Waals surface area contributed by atoms with Gasteiger partial charge in [-0.05, 0) is 37.1 Å². The van der Waals surface area contributed by atoms with Crippen molar-refractivity contribution in [1.29, 1.82) is 0 Å². The average molecular weight is 332 g/mol. The maximum atomic E-state index is 12.3. The predicted molar refractivity (Wildman–Crippen MR) is 86.4 cm³/mol. The molecular weight excluding hydrogens is 312 g/mol. The molecule has 0 spiro atoms. The van der Waals surface area contributed by atoms with Crippen molar-refractivity contribution in [2.45, 2.75) is 26.8 Å². The standard InChI is InChI=1S/C16H20N4O4/c1-9(2)13(16(22)23)17-15(21)14-10(3)20(19-18-14)11-5-7-12(24-4)8-6-11/h5-9,13H,1-4H3,(H,17,21)(H,22,23). The topological polar surface area (TPSA) is 106 Å². The van der Waals surface area contributed by atoms with Crippen molar-refractivity contribution in [2.24, 2.45) is 5.92 Å². The minimum absolute atomic E-state index is 0.0951. The highest BCUT2D eigenvalue weighted by atomic mass is 16.5. The van der Waals surface area contributed by atoms with Gasteiger partial charge in [0.1, 0.15) is 11.8 Å². The van der Waals surface area contributed by atoms with Crippen LogP contribution in [-0.2, 0) is 4.79 Å². The minimum Gasteiger partial charge on any atom is -0.497 e. The molecule has 0 saturated carbocycles. The number of amides is 1. The summed E-state index contributed by atoms with van der Waals surface area (Å²) in [5.74, 6) is -1.19. The molecule has 2 N–H and O–H groups in total. The first kappa shape index (κ1) is 17.5. The van der Waals surface area contributed by atoms with Crippen molar-refractivity contribution < 1.29 is 19.4 Å². The Labute approximate surface area is 139 Å². The Bertz CT molecular complexity index is 737. The number of methoxy groups -OCH3 is 1. The largest absolute Gasteiger partial charge is 0.497 e. The van der Waals surface area contributed by atoms with Gasteiger partial charge in [-0.2, -0.15) is 0 Å². The molecule has 1 heterocycles. The maximum absolute atomic E-state index is 12.3. The monoisotopic (exact) mass is 332 g/mol. The van der Waals surface area contributed by atoms with Crippen molar-refractivity contribution in [3.05, 3.63) is 35.7 Å². The fourth-order valence-corrected chi connectivity index (χ4v) is 2.23. The van der Waals surface area contributed by atoms with E-state index in [-0.39, 0.29) is 11.6 Å². The van der Waals surface area contributed by atoms with Crippen molar-refractivity contribution in [3.8, 4) is 11.4 Å². The lowest BCUT2D eigenvalue weighted by atomic mass is 10.0. The SMILES string of the molecule is COc1ccc(-n2nnc(C(=O)NC(C(=O)O)C(C)C)c2C)cc1. The molecule has 1 aromatic carbocycles. The van der Waals surface area contributed by atoms with E-state index in [2.05, 4.69) is 15.6 Å². The number of nitrogens with one attached hydrogen (secondary N) is 1. The van der Waals surface area contributed by atoms with Crippen molar-refractivity contribution in [2.75, 3.05) is 7.11 Å². The van der Waals surface area contributed by atoms with Crippen LogP contribution in [0, 0.1) is 12.8 Å². The molecule has 2 aromatic rings. The van der Waals surface area contributed by atoms with Crippen LogP contribution < -0.4 is 10.1 Å². The van der Waals surface area contributed by atoms with Crippen LogP contribution in [0.2, 0.25) is 0 Å². The number of carbonyl (C=O) groups is 2. The molecule has 1 unspecified atom stereocenters. The number of carboxylic acid groups (broad SMARTS) is 1. The molecule has 1 atom stereocenters. The zero-order chi connectivity index (χ0) is 17.9. The number of hydrogen-bond donors (Lipinski definition) is 2. The Hall–Kier alpha value is -2.90. The first-order valence-electron chi connectivity index (χ1n) is 7.45. The summed E-state index contributed by atoms with van der Waals surface area (Å²) in [6.45, 7) is 5.14. The lowest BCUT2D eigenvalue weighted by Crippen LogP contribution is -2.44. The van der Waals surface area contributed by atoms with Crippen LogP contribution in [0.3, 0.4) is 0 Å². The van der Waals surface area contributed by atoms with Gasteiger partial charge in [0.25, 0.3) is 5.91 Å². The van der Waals surface area contributed by atoms with Crippen LogP contribution in [0.1, 0.15) is 30.0 Å². The Morgan fingerprint density at radius 1 is 1.25 bits per heavy atom. The summed E-state index contributed by atoms with van der Waals surface area (Å²) in [6.07, 6.45) is 0. The van der Waals surface area contributed by atoms with Gasteiger partial charge in [0.15, 0.2) is 5.69 Å². The molecule has 0 fully saturated rings. The van der Waals surface area contributed by atoms with E-state index < -0.39 is 17.9 Å². The molecule has 0 aliphatic rings. The molecule has 8 nitrogen and oxygen atoms in total. The Morgan fingerprint density at radius 3 is 2.38 bits per heavy atom. The fourth-order valence-electron chi connectivity index (χ4n) is 2.23. The molecule has 8 heteroatoms. The molecule has 24 heavy (non-hydrogen) atoms. The van der Waals surface area contributed by atoms with Gasteiger partial charge in [-0.15, -0.1) is 5.10 Å². The Kier molecular flexibility index (Phi) is 5.18. The zero-order valence-electron chi connectivity index (χ0n) is 14.0. The number of aromatic nitrogens is 3. The smallest absolute Gasteiger partial charge is 0.326 e. The average Bonchev–Trinajstić information content (AvgIpc) is 2.93. The second-order valence-corrected chi connectivity index (χ2v) is 5.67. The van der Waals surface area contributed by atoms with Crippen LogP contribution >= 0.6 is 0 Å². The van der Waals surface area contributed by atoms with Crippen LogP contribution in [0.4, 0.5) is 0 Å². The molecule has 0 saturated heterocycles. The second kappa shape index (κ2) is 7.12. The van der Waals surface area contributed by atoms with Crippen LogP contribution in [0.15, 0.2) is 24.3 Å². The number of ether oxygens (including phenoxy) is 1. The van der Waals surface area contributed by atoms with Crippen molar-refractivity contribution in [1.82, 2.24) is 20.3 Å². The maximum Gasteiger partial charge on any atom is 0.326 e. The summed E-state index contributed by atoms with van der Waals surface area (Å²) in [5, 5.41) is 19.5. The first-order chi connectivity index (χ1) is 11.3. The quantitative estimate of drug-likeness (QED) is 0.828. The van der Waals surface area contributed by atoms with E-state index in [9.17, 15) is 14.7 Å². The lowest BCUT2D eigenvalue weighted by molar-refractivity contribution is -0.140. The van der Waals surface area contributed by atoms with Gasteiger partial charge in [-0.1, -0.05) is 19.1 Å². The van der Waals surface area contributed by atoms with Gasteiger partial charge >= 0.3 is 5.97 Å². The summed E-state index contributed by atoms with van der Waals surface area (Å²) in [6, 6.07) is 6.14. The highest BCUT2D eigenvalue weighted by Crippen LogP contribution is 2.17. The predicted octanol–water partition coefficient (Wildman–Crippen LogP) is 1.42.